The van der Waals surface area contributed by atoms with E-state index in [2.05, 4.69) is 52.5 Å². The van der Waals surface area contributed by atoms with Gasteiger partial charge in [0.05, 0.1) is 37.4 Å². The van der Waals surface area contributed by atoms with E-state index in [4.69, 9.17) is 19.4 Å². The molecule has 42 heavy (non-hydrogen) atoms. The molecule has 1 aliphatic carbocycles. The summed E-state index contributed by atoms with van der Waals surface area (Å²) in [6, 6.07) is 9.47. The minimum absolute atomic E-state index is 0.129. The Bertz CT molecular complexity index is 1350. The Morgan fingerprint density at radius 2 is 2.05 bits per heavy atom. The van der Waals surface area contributed by atoms with Crippen molar-refractivity contribution >= 4 is 17.4 Å². The molecule has 0 bridgehead atoms. The molecule has 2 saturated heterocycles. The molecule has 10 nitrogen and oxygen atoms in total. The lowest BCUT2D eigenvalue weighted by Crippen LogP contribution is -2.55. The van der Waals surface area contributed by atoms with Crippen molar-refractivity contribution in [3.63, 3.8) is 0 Å². The molecule has 10 heteroatoms. The molecule has 4 aliphatic rings. The topological polar surface area (TPSA) is 98.1 Å². The number of carbonyl (C=O) groups excluding carboxylic acids is 1. The quantitative estimate of drug-likeness (QED) is 0.443. The number of aromatic nitrogens is 2. The molecule has 1 aromatic carbocycles. The monoisotopic (exact) mass is 571 g/mol. The van der Waals surface area contributed by atoms with E-state index in [1.54, 1.807) is 4.90 Å². The predicted molar refractivity (Wildman–Crippen MR) is 161 cm³/mol. The number of ether oxygens (including phenoxy) is 2. The number of benzene rings is 1. The van der Waals surface area contributed by atoms with Crippen LogP contribution in [0.3, 0.4) is 0 Å². The van der Waals surface area contributed by atoms with E-state index in [1.165, 1.54) is 28.5 Å². The second kappa shape index (κ2) is 12.7. The molecule has 0 N–H and O–H groups in total. The van der Waals surface area contributed by atoms with Crippen LogP contribution < -0.4 is 14.5 Å². The van der Waals surface area contributed by atoms with Gasteiger partial charge in [-0.1, -0.05) is 24.8 Å². The highest BCUT2D eigenvalue weighted by atomic mass is 16.5. The Labute approximate surface area is 248 Å². The highest BCUT2D eigenvalue weighted by Crippen LogP contribution is 2.38. The minimum atomic E-state index is -0.217. The van der Waals surface area contributed by atoms with Crippen molar-refractivity contribution in [3.8, 4) is 12.1 Å². The van der Waals surface area contributed by atoms with Gasteiger partial charge >= 0.3 is 6.01 Å². The van der Waals surface area contributed by atoms with Crippen LogP contribution in [0.1, 0.15) is 35.2 Å². The van der Waals surface area contributed by atoms with Gasteiger partial charge in [0.2, 0.25) is 5.91 Å². The van der Waals surface area contributed by atoms with Crippen molar-refractivity contribution in [3.05, 3.63) is 53.2 Å². The first-order chi connectivity index (χ1) is 20.6. The Hall–Kier alpha value is -3.68. The third-order valence-electron chi connectivity index (χ3n) is 9.19. The number of nitrogens with zero attached hydrogens (tertiary/aromatic N) is 7. The lowest BCUT2D eigenvalue weighted by atomic mass is 9.90. The van der Waals surface area contributed by atoms with Crippen LogP contribution in [0.15, 0.2) is 30.9 Å². The Balaban J connectivity index is 1.26. The summed E-state index contributed by atoms with van der Waals surface area (Å²) in [5, 5.41) is 9.52. The second-order valence-electron chi connectivity index (χ2n) is 11.7. The lowest BCUT2D eigenvalue weighted by molar-refractivity contribution is -0.128. The van der Waals surface area contributed by atoms with Crippen molar-refractivity contribution in [2.24, 2.45) is 0 Å². The summed E-state index contributed by atoms with van der Waals surface area (Å²) >= 11 is 0. The number of fused-ring (bicyclic) bond motifs is 2. The summed E-state index contributed by atoms with van der Waals surface area (Å²) in [6.07, 6.45) is 5.45. The van der Waals surface area contributed by atoms with Gasteiger partial charge in [0, 0.05) is 69.5 Å². The standard InChI is InChI=1S/C32H41N7O3/c1-3-29(40)38-14-13-37(22-26(38)9-11-33)31-27-8-7-25(39-12-10-24-6-4-5-23(2)30(24)39)21-28(27)34-32(35-31)42-20-17-36-15-18-41-19-16-36/h3-6,25-26H,1,7-10,12-22H2,2H3/t25?,26-/m0/s1. The molecular weight excluding hydrogens is 530 g/mol. The Morgan fingerprint density at radius 3 is 2.86 bits per heavy atom. The van der Waals surface area contributed by atoms with Gasteiger partial charge < -0.3 is 24.2 Å². The van der Waals surface area contributed by atoms with Gasteiger partial charge in [-0.2, -0.15) is 15.2 Å². The fraction of sp³-hybridized carbons (Fsp3) is 0.562. The number of amides is 1. The van der Waals surface area contributed by atoms with E-state index < -0.39 is 0 Å². The van der Waals surface area contributed by atoms with E-state index in [0.29, 0.717) is 38.3 Å². The smallest absolute Gasteiger partial charge is 0.318 e. The molecule has 2 fully saturated rings. The van der Waals surface area contributed by atoms with Gasteiger partial charge in [0.1, 0.15) is 12.4 Å². The van der Waals surface area contributed by atoms with Crippen LogP contribution in [0.5, 0.6) is 6.01 Å². The number of para-hydroxylation sites is 1. The molecule has 222 valence electrons. The largest absolute Gasteiger partial charge is 0.462 e. The van der Waals surface area contributed by atoms with Crippen LogP contribution in [-0.2, 0) is 28.8 Å². The van der Waals surface area contributed by atoms with E-state index in [-0.39, 0.29) is 18.4 Å². The highest BCUT2D eigenvalue weighted by molar-refractivity contribution is 5.87. The predicted octanol–water partition coefficient (Wildman–Crippen LogP) is 2.53. The molecule has 0 spiro atoms. The van der Waals surface area contributed by atoms with Crippen LogP contribution in [0.25, 0.3) is 0 Å². The van der Waals surface area contributed by atoms with E-state index >= 15 is 0 Å². The summed E-state index contributed by atoms with van der Waals surface area (Å²) in [5.41, 5.74) is 6.40. The molecule has 1 amide bonds. The number of nitriles is 1. The van der Waals surface area contributed by atoms with E-state index in [1.807, 2.05) is 0 Å². The molecule has 6 rings (SSSR count). The molecule has 3 aliphatic heterocycles. The number of morpholine rings is 1. The van der Waals surface area contributed by atoms with Crippen LogP contribution in [-0.4, -0.2) is 103 Å². The number of aryl methyl sites for hydroxylation is 1. The molecule has 0 saturated carbocycles. The number of piperazine rings is 1. The first kappa shape index (κ1) is 28.4. The fourth-order valence-corrected chi connectivity index (χ4v) is 7.02. The first-order valence-electron chi connectivity index (χ1n) is 15.3. The number of carbonyl (C=O) groups is 1. The maximum Gasteiger partial charge on any atom is 0.318 e. The number of rotatable bonds is 8. The number of hydrogen-bond acceptors (Lipinski definition) is 9. The minimum Gasteiger partial charge on any atom is -0.462 e. The molecule has 2 atom stereocenters. The van der Waals surface area contributed by atoms with Crippen LogP contribution in [0, 0.1) is 18.3 Å². The Kier molecular flexibility index (Phi) is 8.58. The Morgan fingerprint density at radius 1 is 1.19 bits per heavy atom. The molecule has 1 unspecified atom stereocenters. The number of anilines is 2. The number of hydrogen-bond donors (Lipinski definition) is 0. The highest BCUT2D eigenvalue weighted by Gasteiger charge is 2.36. The van der Waals surface area contributed by atoms with Crippen molar-refractivity contribution in [2.45, 2.75) is 51.1 Å². The third-order valence-corrected chi connectivity index (χ3v) is 9.19. The van der Waals surface area contributed by atoms with Gasteiger partial charge in [-0.25, -0.2) is 0 Å². The van der Waals surface area contributed by atoms with Gasteiger partial charge in [0.25, 0.3) is 0 Å². The zero-order valence-electron chi connectivity index (χ0n) is 24.6. The van der Waals surface area contributed by atoms with E-state index in [0.717, 1.165) is 76.6 Å². The SMILES string of the molecule is C=CC(=O)N1CCN(c2nc(OCCN3CCOCC3)nc3c2CCC(N2CCc4cccc(C)c42)C3)C[C@@H]1CC#N. The van der Waals surface area contributed by atoms with Crippen molar-refractivity contribution in [1.82, 2.24) is 19.8 Å². The molecule has 4 heterocycles. The van der Waals surface area contributed by atoms with Crippen LogP contribution in [0.4, 0.5) is 11.5 Å². The zero-order valence-corrected chi connectivity index (χ0v) is 24.6. The lowest BCUT2D eigenvalue weighted by Gasteiger charge is -2.42. The van der Waals surface area contributed by atoms with E-state index in [9.17, 15) is 10.1 Å². The maximum absolute atomic E-state index is 12.5. The molecular formula is C32H41N7O3. The van der Waals surface area contributed by atoms with Crippen molar-refractivity contribution in [1.29, 1.82) is 5.26 Å². The second-order valence-corrected chi connectivity index (χ2v) is 11.7. The van der Waals surface area contributed by atoms with Crippen molar-refractivity contribution < 1.29 is 14.3 Å². The van der Waals surface area contributed by atoms with Gasteiger partial charge in [0.15, 0.2) is 0 Å². The maximum atomic E-state index is 12.5. The summed E-state index contributed by atoms with van der Waals surface area (Å²) in [4.78, 5) is 31.4. The fourth-order valence-electron chi connectivity index (χ4n) is 7.02. The summed E-state index contributed by atoms with van der Waals surface area (Å²) in [6.45, 7) is 13.3. The van der Waals surface area contributed by atoms with Crippen LogP contribution >= 0.6 is 0 Å². The first-order valence-corrected chi connectivity index (χ1v) is 15.3. The normalized spacial score (nSPS) is 22.3. The van der Waals surface area contributed by atoms with Gasteiger partial charge in [-0.3, -0.25) is 9.69 Å². The molecule has 0 radical (unpaired) electrons. The summed E-state index contributed by atoms with van der Waals surface area (Å²) in [5.74, 6) is 0.766. The van der Waals surface area contributed by atoms with Gasteiger partial charge in [-0.05, 0) is 43.4 Å². The summed E-state index contributed by atoms with van der Waals surface area (Å²) < 4.78 is 11.7. The zero-order chi connectivity index (χ0) is 29.1. The average Bonchev–Trinajstić information content (AvgIpc) is 3.46. The summed E-state index contributed by atoms with van der Waals surface area (Å²) in [7, 11) is 0. The third kappa shape index (κ3) is 5.81. The van der Waals surface area contributed by atoms with Gasteiger partial charge in [-0.15, -0.1) is 0 Å². The molecule has 1 aromatic heterocycles. The average molecular weight is 572 g/mol. The van der Waals surface area contributed by atoms with Crippen molar-refractivity contribution in [2.75, 3.05) is 75.4 Å². The molecule has 2 aromatic rings. The van der Waals surface area contributed by atoms with Crippen LogP contribution in [0.2, 0.25) is 0 Å².